The number of hydrogen-bond donors (Lipinski definition) is 1. The van der Waals surface area contributed by atoms with Gasteiger partial charge in [-0.15, -0.1) is 11.3 Å². The highest BCUT2D eigenvalue weighted by Gasteiger charge is 2.04. The summed E-state index contributed by atoms with van der Waals surface area (Å²) in [5.41, 5.74) is 4.62. The summed E-state index contributed by atoms with van der Waals surface area (Å²) >= 11 is 1.52. The largest absolute Gasteiger partial charge is 0.382 e. The van der Waals surface area contributed by atoms with Crippen LogP contribution in [-0.4, -0.2) is 25.3 Å². The molecule has 0 saturated carbocycles. The molecule has 1 heterocycles. The summed E-state index contributed by atoms with van der Waals surface area (Å²) < 4.78 is 17.7. The lowest BCUT2D eigenvalue weighted by Crippen LogP contribution is -2.17. The van der Waals surface area contributed by atoms with Gasteiger partial charge in [-0.2, -0.15) is 5.48 Å². The van der Waals surface area contributed by atoms with E-state index in [-0.39, 0.29) is 5.82 Å². The van der Waals surface area contributed by atoms with Crippen LogP contribution in [-0.2, 0) is 16.1 Å². The Morgan fingerprint density at radius 1 is 1.26 bits per heavy atom. The molecule has 1 N–H and O–H groups in total. The second-order valence-corrected chi connectivity index (χ2v) is 4.67. The Morgan fingerprint density at radius 2 is 2.05 bits per heavy atom. The lowest BCUT2D eigenvalue weighted by Gasteiger charge is -2.02. The third-order valence-corrected chi connectivity index (χ3v) is 3.33. The number of halogens is 1. The summed E-state index contributed by atoms with van der Waals surface area (Å²) in [5.74, 6) is -0.242. The van der Waals surface area contributed by atoms with Crippen LogP contribution in [0.3, 0.4) is 0 Å². The molecule has 1 aromatic heterocycles. The molecule has 4 nitrogen and oxygen atoms in total. The first kappa shape index (κ1) is 14.1. The molecule has 0 aliphatic rings. The lowest BCUT2D eigenvalue weighted by atomic mass is 10.2. The van der Waals surface area contributed by atoms with E-state index >= 15 is 0 Å². The molecular weight excluding hydrogens is 267 g/mol. The maximum Gasteiger partial charge on any atom is 0.123 e. The Kier molecular flexibility index (Phi) is 5.41. The number of aromatic nitrogens is 1. The second kappa shape index (κ2) is 7.30. The monoisotopic (exact) mass is 282 g/mol. The van der Waals surface area contributed by atoms with E-state index in [0.29, 0.717) is 19.8 Å². The Hall–Kier alpha value is -1.34. The van der Waals surface area contributed by atoms with Crippen molar-refractivity contribution in [2.45, 2.75) is 6.54 Å². The molecule has 102 valence electrons. The Bertz CT molecular complexity index is 502. The summed E-state index contributed by atoms with van der Waals surface area (Å²) in [7, 11) is 1.62. The molecule has 0 fully saturated rings. The number of methoxy groups -OCH3 is 1. The topological polar surface area (TPSA) is 43.4 Å². The number of nitrogens with zero attached hydrogens (tertiary/aromatic N) is 1. The van der Waals surface area contributed by atoms with Crippen molar-refractivity contribution in [3.8, 4) is 10.6 Å². The van der Waals surface area contributed by atoms with Gasteiger partial charge in [0, 0.05) is 18.1 Å². The van der Waals surface area contributed by atoms with E-state index in [1.807, 2.05) is 5.38 Å². The summed E-state index contributed by atoms with van der Waals surface area (Å²) in [6.07, 6.45) is 0. The van der Waals surface area contributed by atoms with E-state index in [2.05, 4.69) is 10.5 Å². The molecule has 0 unspecified atom stereocenters. The van der Waals surface area contributed by atoms with Crippen LogP contribution in [0.5, 0.6) is 0 Å². The summed E-state index contributed by atoms with van der Waals surface area (Å²) in [5, 5.41) is 2.82. The van der Waals surface area contributed by atoms with Crippen LogP contribution in [0.1, 0.15) is 5.69 Å². The summed E-state index contributed by atoms with van der Waals surface area (Å²) in [4.78, 5) is 9.60. The van der Waals surface area contributed by atoms with Gasteiger partial charge >= 0.3 is 0 Å². The predicted octanol–water partition coefficient (Wildman–Crippen LogP) is 2.62. The number of hydrogen-bond acceptors (Lipinski definition) is 5. The van der Waals surface area contributed by atoms with Crippen molar-refractivity contribution in [1.29, 1.82) is 0 Å². The Balaban J connectivity index is 1.86. The van der Waals surface area contributed by atoms with Gasteiger partial charge < -0.3 is 4.74 Å². The Labute approximate surface area is 115 Å². The van der Waals surface area contributed by atoms with E-state index in [1.165, 1.54) is 23.5 Å². The molecule has 2 aromatic rings. The highest BCUT2D eigenvalue weighted by molar-refractivity contribution is 7.13. The van der Waals surface area contributed by atoms with Crippen LogP contribution >= 0.6 is 11.3 Å². The van der Waals surface area contributed by atoms with Crippen LogP contribution in [0.2, 0.25) is 0 Å². The van der Waals surface area contributed by atoms with Gasteiger partial charge in [0.1, 0.15) is 10.8 Å². The molecule has 0 aliphatic heterocycles. The maximum atomic E-state index is 12.8. The molecule has 0 amide bonds. The van der Waals surface area contributed by atoms with Gasteiger partial charge in [0.25, 0.3) is 0 Å². The molecule has 6 heteroatoms. The number of ether oxygens (including phenoxy) is 1. The van der Waals surface area contributed by atoms with Crippen molar-refractivity contribution >= 4 is 11.3 Å². The highest BCUT2D eigenvalue weighted by Crippen LogP contribution is 2.23. The fourth-order valence-electron chi connectivity index (χ4n) is 1.44. The van der Waals surface area contributed by atoms with E-state index in [0.717, 1.165) is 16.3 Å². The van der Waals surface area contributed by atoms with Crippen molar-refractivity contribution in [2.24, 2.45) is 0 Å². The normalized spacial score (nSPS) is 10.8. The highest BCUT2D eigenvalue weighted by atomic mass is 32.1. The maximum absolute atomic E-state index is 12.8. The molecule has 19 heavy (non-hydrogen) atoms. The number of benzene rings is 1. The first-order valence-electron chi connectivity index (χ1n) is 5.83. The van der Waals surface area contributed by atoms with Gasteiger partial charge in [0.05, 0.1) is 25.5 Å². The zero-order chi connectivity index (χ0) is 13.5. The molecular formula is C13H15FN2O2S. The van der Waals surface area contributed by atoms with Crippen LogP contribution in [0, 0.1) is 5.82 Å². The van der Waals surface area contributed by atoms with Crippen molar-refractivity contribution in [1.82, 2.24) is 10.5 Å². The van der Waals surface area contributed by atoms with E-state index in [4.69, 9.17) is 9.57 Å². The fraction of sp³-hybridized carbons (Fsp3) is 0.308. The molecule has 0 radical (unpaired) electrons. The quantitative estimate of drug-likeness (QED) is 0.626. The molecule has 0 spiro atoms. The predicted molar refractivity (Wildman–Crippen MR) is 72.2 cm³/mol. The van der Waals surface area contributed by atoms with Gasteiger partial charge in [-0.1, -0.05) is 0 Å². The summed E-state index contributed by atoms with van der Waals surface area (Å²) in [6, 6.07) is 6.31. The smallest absolute Gasteiger partial charge is 0.123 e. The van der Waals surface area contributed by atoms with Crippen LogP contribution < -0.4 is 5.48 Å². The fourth-order valence-corrected chi connectivity index (χ4v) is 2.26. The number of rotatable bonds is 7. The van der Waals surface area contributed by atoms with Crippen molar-refractivity contribution in [3.05, 3.63) is 41.2 Å². The number of nitrogens with one attached hydrogen (secondary N) is 1. The number of thiazole rings is 1. The average Bonchev–Trinajstić information content (AvgIpc) is 2.88. The van der Waals surface area contributed by atoms with Crippen molar-refractivity contribution in [3.63, 3.8) is 0 Å². The van der Waals surface area contributed by atoms with E-state index in [9.17, 15) is 4.39 Å². The van der Waals surface area contributed by atoms with E-state index in [1.54, 1.807) is 19.2 Å². The van der Waals surface area contributed by atoms with Gasteiger partial charge in [-0.25, -0.2) is 9.37 Å². The first-order valence-corrected chi connectivity index (χ1v) is 6.71. The Morgan fingerprint density at radius 3 is 2.79 bits per heavy atom. The number of hydroxylamine groups is 1. The SMILES string of the molecule is COCCONCc1csc(-c2ccc(F)cc2)n1. The minimum atomic E-state index is -0.242. The summed E-state index contributed by atoms with van der Waals surface area (Å²) in [6.45, 7) is 1.57. The van der Waals surface area contributed by atoms with Crippen molar-refractivity contribution in [2.75, 3.05) is 20.3 Å². The average molecular weight is 282 g/mol. The zero-order valence-corrected chi connectivity index (χ0v) is 11.4. The standard InChI is InChI=1S/C13H15FN2O2S/c1-17-6-7-18-15-8-12-9-19-13(16-12)10-2-4-11(14)5-3-10/h2-5,9,15H,6-8H2,1H3. The first-order chi connectivity index (χ1) is 9.29. The molecule has 2 rings (SSSR count). The van der Waals surface area contributed by atoms with Crippen LogP contribution in [0.25, 0.3) is 10.6 Å². The van der Waals surface area contributed by atoms with Gasteiger partial charge in [-0.05, 0) is 24.3 Å². The molecule has 0 atom stereocenters. The van der Waals surface area contributed by atoms with Crippen molar-refractivity contribution < 1.29 is 14.0 Å². The van der Waals surface area contributed by atoms with E-state index < -0.39 is 0 Å². The molecule has 1 aromatic carbocycles. The van der Waals surface area contributed by atoms with Gasteiger partial charge in [0.2, 0.25) is 0 Å². The second-order valence-electron chi connectivity index (χ2n) is 3.81. The third kappa shape index (κ3) is 4.36. The molecule has 0 aliphatic carbocycles. The molecule has 0 bridgehead atoms. The zero-order valence-electron chi connectivity index (χ0n) is 10.6. The van der Waals surface area contributed by atoms with Crippen LogP contribution in [0.15, 0.2) is 29.6 Å². The lowest BCUT2D eigenvalue weighted by molar-refractivity contribution is 0.00306. The molecule has 0 saturated heterocycles. The minimum absolute atomic E-state index is 0.242. The van der Waals surface area contributed by atoms with Crippen LogP contribution in [0.4, 0.5) is 4.39 Å². The van der Waals surface area contributed by atoms with Gasteiger partial charge in [0.15, 0.2) is 0 Å². The van der Waals surface area contributed by atoms with Gasteiger partial charge in [-0.3, -0.25) is 4.84 Å². The minimum Gasteiger partial charge on any atom is -0.382 e. The third-order valence-electron chi connectivity index (χ3n) is 2.39.